The molecule has 7 rings (SSSR count). The van der Waals surface area contributed by atoms with Crippen LogP contribution in [0.25, 0.3) is 22.7 Å². The number of thiazole rings is 1. The quantitative estimate of drug-likeness (QED) is 0.396. The fourth-order valence-electron chi connectivity index (χ4n) is 5.46. The van der Waals surface area contributed by atoms with Crippen molar-refractivity contribution >= 4 is 34.0 Å². The summed E-state index contributed by atoms with van der Waals surface area (Å²) in [5, 5.41) is 1.10. The normalized spacial score (nSPS) is 16.9. The van der Waals surface area contributed by atoms with Gasteiger partial charge in [-0.15, -0.1) is 0 Å². The highest BCUT2D eigenvalue weighted by Crippen LogP contribution is 2.41. The van der Waals surface area contributed by atoms with Crippen LogP contribution in [0.15, 0.2) is 94.4 Å². The third kappa shape index (κ3) is 3.22. The molecule has 0 fully saturated rings. The SMILES string of the molecule is COc1ccc([C@@H]2C3=C(N=c4s/c(=C/c5c[nH]c6ccccc56)c(=O)n42)c2ccccc2CC3)cc1. The number of nitrogens with one attached hydrogen (secondary N) is 1. The van der Waals surface area contributed by atoms with Crippen molar-refractivity contribution in [1.82, 2.24) is 9.55 Å². The lowest BCUT2D eigenvalue weighted by Crippen LogP contribution is -2.38. The zero-order chi connectivity index (χ0) is 24.2. The number of aromatic nitrogens is 2. The van der Waals surface area contributed by atoms with Gasteiger partial charge in [-0.2, -0.15) is 0 Å². The fourth-order valence-corrected chi connectivity index (χ4v) is 6.46. The first kappa shape index (κ1) is 21.1. The molecular formula is C30H23N3O2S. The topological polar surface area (TPSA) is 59.4 Å². The van der Waals surface area contributed by atoms with Crippen LogP contribution in [-0.2, 0) is 6.42 Å². The van der Waals surface area contributed by atoms with E-state index in [0.717, 1.165) is 51.1 Å². The molecule has 5 nitrogen and oxygen atoms in total. The summed E-state index contributed by atoms with van der Waals surface area (Å²) in [6.45, 7) is 0. The van der Waals surface area contributed by atoms with E-state index in [9.17, 15) is 4.79 Å². The molecule has 1 aliphatic heterocycles. The first-order chi connectivity index (χ1) is 17.7. The third-order valence-corrected chi connectivity index (χ3v) is 8.20. The Morgan fingerprint density at radius 3 is 2.69 bits per heavy atom. The monoisotopic (exact) mass is 489 g/mol. The number of aromatic amines is 1. The van der Waals surface area contributed by atoms with Crippen LogP contribution in [0.2, 0.25) is 0 Å². The maximum absolute atomic E-state index is 13.9. The maximum atomic E-state index is 13.9. The average Bonchev–Trinajstić information content (AvgIpc) is 3.48. The van der Waals surface area contributed by atoms with Gasteiger partial charge in [-0.05, 0) is 53.8 Å². The van der Waals surface area contributed by atoms with E-state index in [1.165, 1.54) is 28.0 Å². The number of hydrogen-bond donors (Lipinski definition) is 1. The minimum atomic E-state index is -0.194. The van der Waals surface area contributed by atoms with Gasteiger partial charge < -0.3 is 9.72 Å². The zero-order valence-electron chi connectivity index (χ0n) is 19.7. The predicted molar refractivity (Wildman–Crippen MR) is 144 cm³/mol. The summed E-state index contributed by atoms with van der Waals surface area (Å²) in [6.07, 6.45) is 5.77. The van der Waals surface area contributed by atoms with Gasteiger partial charge in [0.05, 0.1) is 23.4 Å². The van der Waals surface area contributed by atoms with Gasteiger partial charge in [0, 0.05) is 28.2 Å². The number of fused-ring (bicyclic) bond motifs is 4. The number of nitrogens with zero attached hydrogens (tertiary/aromatic N) is 2. The van der Waals surface area contributed by atoms with Gasteiger partial charge in [-0.25, -0.2) is 4.99 Å². The summed E-state index contributed by atoms with van der Waals surface area (Å²) in [6, 6.07) is 24.5. The minimum absolute atomic E-state index is 0.00439. The molecule has 0 saturated carbocycles. The lowest BCUT2D eigenvalue weighted by molar-refractivity contribution is 0.414. The van der Waals surface area contributed by atoms with Gasteiger partial charge in [-0.1, -0.05) is 65.9 Å². The fraction of sp³-hybridized carbons (Fsp3) is 0.133. The van der Waals surface area contributed by atoms with Crippen LogP contribution in [0.5, 0.6) is 5.75 Å². The Bertz CT molecular complexity index is 1850. The molecule has 1 N–H and O–H groups in total. The highest BCUT2D eigenvalue weighted by molar-refractivity contribution is 7.07. The standard InChI is InChI=1S/C30H23N3O2S/c1-35-21-13-10-19(11-14-21)28-24-15-12-18-6-2-3-8-23(18)27(24)32-30-33(28)29(34)26(36-30)16-20-17-31-25-9-5-4-7-22(20)25/h2-11,13-14,16-17,28,31H,12,15H2,1H3/b26-16+/t28-/m1/s1. The minimum Gasteiger partial charge on any atom is -0.497 e. The van der Waals surface area contributed by atoms with Crippen molar-refractivity contribution in [3.8, 4) is 5.75 Å². The third-order valence-electron chi connectivity index (χ3n) is 7.21. The van der Waals surface area contributed by atoms with E-state index in [-0.39, 0.29) is 11.6 Å². The van der Waals surface area contributed by atoms with E-state index >= 15 is 0 Å². The highest BCUT2D eigenvalue weighted by atomic mass is 32.1. The van der Waals surface area contributed by atoms with Crippen molar-refractivity contribution < 1.29 is 4.74 Å². The summed E-state index contributed by atoms with van der Waals surface area (Å²) < 4.78 is 7.97. The molecule has 0 saturated heterocycles. The average molecular weight is 490 g/mol. The van der Waals surface area contributed by atoms with Crippen molar-refractivity contribution in [2.24, 2.45) is 4.99 Å². The van der Waals surface area contributed by atoms with Gasteiger partial charge in [0.2, 0.25) is 0 Å². The lowest BCUT2D eigenvalue weighted by atomic mass is 9.83. The Kier molecular flexibility index (Phi) is 4.82. The second-order valence-electron chi connectivity index (χ2n) is 9.18. The van der Waals surface area contributed by atoms with Crippen LogP contribution in [0.3, 0.4) is 0 Å². The lowest BCUT2D eigenvalue weighted by Gasteiger charge is -2.30. The van der Waals surface area contributed by atoms with E-state index in [1.807, 2.05) is 47.2 Å². The maximum Gasteiger partial charge on any atom is 0.271 e. The molecule has 0 spiro atoms. The molecule has 0 amide bonds. The second kappa shape index (κ2) is 8.21. The highest BCUT2D eigenvalue weighted by Gasteiger charge is 2.32. The molecule has 6 heteroatoms. The van der Waals surface area contributed by atoms with E-state index in [2.05, 4.69) is 47.4 Å². The summed E-state index contributed by atoms with van der Waals surface area (Å²) >= 11 is 1.46. The summed E-state index contributed by atoms with van der Waals surface area (Å²) in [5.41, 5.74) is 7.82. The molecule has 3 heterocycles. The smallest absolute Gasteiger partial charge is 0.271 e. The van der Waals surface area contributed by atoms with Crippen LogP contribution in [0, 0.1) is 0 Å². The van der Waals surface area contributed by atoms with Crippen molar-refractivity contribution in [2.75, 3.05) is 7.11 Å². The number of aryl methyl sites for hydroxylation is 1. The van der Waals surface area contributed by atoms with Gasteiger partial charge in [0.15, 0.2) is 4.80 Å². The van der Waals surface area contributed by atoms with Crippen molar-refractivity contribution in [3.05, 3.63) is 127 Å². The molecule has 1 aliphatic carbocycles. The molecule has 2 aliphatic rings. The number of H-pyrrole nitrogens is 1. The predicted octanol–water partition coefficient (Wildman–Crippen LogP) is 4.81. The molecule has 2 aromatic heterocycles. The number of benzene rings is 3. The molecule has 176 valence electrons. The number of rotatable bonds is 3. The first-order valence-corrected chi connectivity index (χ1v) is 12.9. The van der Waals surface area contributed by atoms with E-state index < -0.39 is 0 Å². The van der Waals surface area contributed by atoms with E-state index in [0.29, 0.717) is 4.53 Å². The van der Waals surface area contributed by atoms with Gasteiger partial charge in [0.25, 0.3) is 5.56 Å². The van der Waals surface area contributed by atoms with Gasteiger partial charge >= 0.3 is 0 Å². The number of hydrogen-bond acceptors (Lipinski definition) is 4. The van der Waals surface area contributed by atoms with Gasteiger partial charge in [-0.3, -0.25) is 9.36 Å². The Morgan fingerprint density at radius 2 is 1.83 bits per heavy atom. The van der Waals surface area contributed by atoms with Crippen molar-refractivity contribution in [1.29, 1.82) is 0 Å². The number of methoxy groups -OCH3 is 1. The molecule has 0 unspecified atom stereocenters. The number of para-hydroxylation sites is 1. The second-order valence-corrected chi connectivity index (χ2v) is 10.2. The Morgan fingerprint density at radius 1 is 1.03 bits per heavy atom. The number of ether oxygens (including phenoxy) is 1. The molecular weight excluding hydrogens is 466 g/mol. The molecule has 36 heavy (non-hydrogen) atoms. The first-order valence-electron chi connectivity index (χ1n) is 12.0. The van der Waals surface area contributed by atoms with E-state index in [4.69, 9.17) is 9.73 Å². The van der Waals surface area contributed by atoms with Crippen LogP contribution < -0.4 is 19.6 Å². The van der Waals surface area contributed by atoms with E-state index in [1.54, 1.807) is 7.11 Å². The van der Waals surface area contributed by atoms with Crippen molar-refractivity contribution in [2.45, 2.75) is 18.9 Å². The van der Waals surface area contributed by atoms with Crippen LogP contribution in [0.1, 0.15) is 34.7 Å². The Balaban J connectivity index is 1.48. The van der Waals surface area contributed by atoms with Crippen LogP contribution in [0.4, 0.5) is 0 Å². The molecule has 0 radical (unpaired) electrons. The molecule has 0 bridgehead atoms. The van der Waals surface area contributed by atoms with Gasteiger partial charge in [0.1, 0.15) is 5.75 Å². The Hall–Kier alpha value is -4.16. The largest absolute Gasteiger partial charge is 0.497 e. The summed E-state index contributed by atoms with van der Waals surface area (Å²) in [4.78, 5) is 23.1. The zero-order valence-corrected chi connectivity index (χ0v) is 20.5. The Labute approximate surface area is 211 Å². The molecule has 1 atom stereocenters. The molecule has 5 aromatic rings. The summed E-state index contributed by atoms with van der Waals surface area (Å²) in [5.74, 6) is 0.800. The van der Waals surface area contributed by atoms with Crippen LogP contribution in [-0.4, -0.2) is 16.7 Å². The van der Waals surface area contributed by atoms with Crippen molar-refractivity contribution in [3.63, 3.8) is 0 Å². The number of allylic oxidation sites excluding steroid dienone is 1. The molecule has 3 aromatic carbocycles. The van der Waals surface area contributed by atoms with Crippen LogP contribution >= 0.6 is 11.3 Å². The summed E-state index contributed by atoms with van der Waals surface area (Å²) in [7, 11) is 1.67.